The number of hydrogen-bond donors (Lipinski definition) is 1. The van der Waals surface area contributed by atoms with Crippen molar-refractivity contribution in [1.82, 2.24) is 15.3 Å². The number of thioether (sulfide) groups is 1. The Balaban J connectivity index is 1.41. The van der Waals surface area contributed by atoms with Crippen molar-refractivity contribution in [3.05, 3.63) is 17.8 Å². The largest absolute Gasteiger partial charge is 0.455 e. The van der Waals surface area contributed by atoms with Crippen LogP contribution in [0.25, 0.3) is 10.2 Å². The molecule has 0 spiro atoms. The second-order valence-electron chi connectivity index (χ2n) is 5.67. The molecule has 2 aromatic heterocycles. The van der Waals surface area contributed by atoms with E-state index in [4.69, 9.17) is 4.74 Å². The minimum atomic E-state index is -0.416. The van der Waals surface area contributed by atoms with Crippen LogP contribution in [-0.2, 0) is 14.3 Å². The van der Waals surface area contributed by atoms with E-state index in [0.29, 0.717) is 0 Å². The Morgan fingerprint density at radius 1 is 1.29 bits per heavy atom. The zero-order valence-corrected chi connectivity index (χ0v) is 14.8. The van der Waals surface area contributed by atoms with Gasteiger partial charge in [0.15, 0.2) is 6.61 Å². The normalized spacial score (nSPS) is 15.3. The summed E-state index contributed by atoms with van der Waals surface area (Å²) in [5, 5.41) is 6.56. The minimum absolute atomic E-state index is 0.124. The lowest BCUT2D eigenvalue weighted by Gasteiger charge is -2.22. The predicted octanol–water partition coefficient (Wildman–Crippen LogP) is 2.78. The molecule has 0 bridgehead atoms. The quantitative estimate of drug-likeness (QED) is 0.482. The molecule has 1 N–H and O–H groups in total. The van der Waals surface area contributed by atoms with Crippen LogP contribution in [0.5, 0.6) is 0 Å². The van der Waals surface area contributed by atoms with Gasteiger partial charge in [0, 0.05) is 11.4 Å². The summed E-state index contributed by atoms with van der Waals surface area (Å²) in [5.41, 5.74) is 0. The van der Waals surface area contributed by atoms with Crippen LogP contribution in [-0.4, -0.2) is 40.2 Å². The Kier molecular flexibility index (Phi) is 6.03. The highest BCUT2D eigenvalue weighted by Crippen LogP contribution is 2.27. The summed E-state index contributed by atoms with van der Waals surface area (Å²) in [6, 6.07) is 2.16. The van der Waals surface area contributed by atoms with E-state index < -0.39 is 5.97 Å². The van der Waals surface area contributed by atoms with Crippen LogP contribution in [0.2, 0.25) is 0 Å². The van der Waals surface area contributed by atoms with Crippen LogP contribution < -0.4 is 5.32 Å². The van der Waals surface area contributed by atoms with Gasteiger partial charge in [0.1, 0.15) is 16.2 Å². The summed E-state index contributed by atoms with van der Waals surface area (Å²) >= 11 is 2.83. The average Bonchev–Trinajstić information content (AvgIpc) is 3.08. The summed E-state index contributed by atoms with van der Waals surface area (Å²) < 4.78 is 5.05. The predicted molar refractivity (Wildman–Crippen MR) is 94.1 cm³/mol. The molecule has 0 aliphatic heterocycles. The number of nitrogens with zero attached hydrogens (tertiary/aromatic N) is 2. The number of fused-ring (bicyclic) bond motifs is 1. The fourth-order valence-corrected chi connectivity index (χ4v) is 4.29. The number of rotatable bonds is 6. The molecule has 2 heterocycles. The molecule has 24 heavy (non-hydrogen) atoms. The third-order valence-electron chi connectivity index (χ3n) is 3.89. The van der Waals surface area contributed by atoms with Crippen molar-refractivity contribution in [2.45, 2.75) is 43.2 Å². The summed E-state index contributed by atoms with van der Waals surface area (Å²) in [5.74, 6) is -0.512. The first kappa shape index (κ1) is 17.2. The van der Waals surface area contributed by atoms with Gasteiger partial charge in [-0.15, -0.1) is 11.3 Å². The Bertz CT molecular complexity index is 713. The smallest absolute Gasteiger partial charge is 0.316 e. The Labute approximate surface area is 148 Å². The van der Waals surface area contributed by atoms with Crippen molar-refractivity contribution in [2.24, 2.45) is 0 Å². The summed E-state index contributed by atoms with van der Waals surface area (Å²) in [6.45, 7) is -0.215. The molecule has 1 aliphatic rings. The van der Waals surface area contributed by atoms with Gasteiger partial charge in [-0.2, -0.15) is 0 Å². The number of ether oxygens (including phenoxy) is 1. The Hall–Kier alpha value is -1.67. The van der Waals surface area contributed by atoms with E-state index >= 15 is 0 Å². The highest BCUT2D eigenvalue weighted by molar-refractivity contribution is 8.00. The van der Waals surface area contributed by atoms with Crippen molar-refractivity contribution >= 4 is 45.2 Å². The second-order valence-corrected chi connectivity index (χ2v) is 7.53. The molecule has 1 saturated carbocycles. The van der Waals surface area contributed by atoms with Crippen LogP contribution >= 0.6 is 23.1 Å². The maximum Gasteiger partial charge on any atom is 0.316 e. The third kappa shape index (κ3) is 4.67. The van der Waals surface area contributed by atoms with Crippen molar-refractivity contribution in [3.63, 3.8) is 0 Å². The van der Waals surface area contributed by atoms with Crippen molar-refractivity contribution < 1.29 is 14.3 Å². The summed E-state index contributed by atoms with van der Waals surface area (Å²) in [4.78, 5) is 32.9. The highest BCUT2D eigenvalue weighted by Gasteiger charge is 2.17. The van der Waals surface area contributed by atoms with Crippen LogP contribution in [0.3, 0.4) is 0 Å². The summed E-state index contributed by atoms with van der Waals surface area (Å²) in [7, 11) is 0. The maximum atomic E-state index is 11.8. The van der Waals surface area contributed by atoms with Gasteiger partial charge in [0.2, 0.25) is 0 Å². The van der Waals surface area contributed by atoms with E-state index in [-0.39, 0.29) is 24.3 Å². The SMILES string of the molecule is O=C(COC(=O)CSc1ncnc2sccc12)NC1CCCCC1. The zero-order chi connectivity index (χ0) is 16.8. The number of esters is 1. The molecule has 0 unspecified atom stereocenters. The van der Waals surface area contributed by atoms with Gasteiger partial charge in [0.25, 0.3) is 5.91 Å². The number of nitrogens with one attached hydrogen (secondary N) is 1. The van der Waals surface area contributed by atoms with E-state index in [0.717, 1.165) is 40.9 Å². The van der Waals surface area contributed by atoms with E-state index in [2.05, 4.69) is 15.3 Å². The second kappa shape index (κ2) is 8.43. The van der Waals surface area contributed by atoms with E-state index in [1.54, 1.807) is 0 Å². The molecule has 1 aliphatic carbocycles. The molecule has 1 amide bonds. The van der Waals surface area contributed by atoms with E-state index in [9.17, 15) is 9.59 Å². The molecule has 8 heteroatoms. The topological polar surface area (TPSA) is 81.2 Å². The molecule has 0 aromatic carbocycles. The number of aromatic nitrogens is 2. The lowest BCUT2D eigenvalue weighted by molar-refractivity contribution is -0.146. The highest BCUT2D eigenvalue weighted by atomic mass is 32.2. The first-order valence-corrected chi connectivity index (χ1v) is 9.85. The van der Waals surface area contributed by atoms with Crippen molar-refractivity contribution in [2.75, 3.05) is 12.4 Å². The van der Waals surface area contributed by atoms with Crippen LogP contribution in [0.4, 0.5) is 0 Å². The number of hydrogen-bond acceptors (Lipinski definition) is 7. The molecule has 0 radical (unpaired) electrons. The maximum absolute atomic E-state index is 11.8. The van der Waals surface area contributed by atoms with Gasteiger partial charge < -0.3 is 10.1 Å². The molecular weight excluding hydrogens is 346 g/mol. The Morgan fingerprint density at radius 3 is 2.96 bits per heavy atom. The summed E-state index contributed by atoms with van der Waals surface area (Å²) in [6.07, 6.45) is 7.05. The van der Waals surface area contributed by atoms with Gasteiger partial charge in [-0.1, -0.05) is 31.0 Å². The van der Waals surface area contributed by atoms with Crippen molar-refractivity contribution in [1.29, 1.82) is 0 Å². The molecule has 6 nitrogen and oxygen atoms in total. The van der Waals surface area contributed by atoms with Gasteiger partial charge in [-0.25, -0.2) is 9.97 Å². The molecule has 128 valence electrons. The Morgan fingerprint density at radius 2 is 2.12 bits per heavy atom. The molecular formula is C16H19N3O3S2. The third-order valence-corrected chi connectivity index (χ3v) is 5.69. The number of carbonyl (C=O) groups is 2. The molecule has 2 aromatic rings. The van der Waals surface area contributed by atoms with Gasteiger partial charge in [-0.05, 0) is 24.3 Å². The van der Waals surface area contributed by atoms with E-state index in [1.807, 2.05) is 11.4 Å². The molecule has 0 saturated heterocycles. The number of amides is 1. The lowest BCUT2D eigenvalue weighted by Crippen LogP contribution is -2.38. The standard InChI is InChI=1S/C16H19N3O3S2/c20-13(19-11-4-2-1-3-5-11)8-22-14(21)9-24-16-12-6-7-23-15(12)17-10-18-16/h6-7,10-11H,1-5,8-9H2,(H,19,20). The monoisotopic (exact) mass is 365 g/mol. The minimum Gasteiger partial charge on any atom is -0.455 e. The molecule has 1 fully saturated rings. The fraction of sp³-hybridized carbons (Fsp3) is 0.500. The first-order chi connectivity index (χ1) is 11.7. The number of thiophene rings is 1. The first-order valence-electron chi connectivity index (χ1n) is 7.98. The van der Waals surface area contributed by atoms with Crippen LogP contribution in [0.1, 0.15) is 32.1 Å². The average molecular weight is 365 g/mol. The molecule has 0 atom stereocenters. The van der Waals surface area contributed by atoms with Crippen LogP contribution in [0.15, 0.2) is 22.8 Å². The number of carbonyl (C=O) groups excluding carboxylic acids is 2. The van der Waals surface area contributed by atoms with Crippen LogP contribution in [0, 0.1) is 0 Å². The molecule has 3 rings (SSSR count). The van der Waals surface area contributed by atoms with Crippen molar-refractivity contribution in [3.8, 4) is 0 Å². The zero-order valence-electron chi connectivity index (χ0n) is 13.2. The van der Waals surface area contributed by atoms with Gasteiger partial charge in [0.05, 0.1) is 5.75 Å². The van der Waals surface area contributed by atoms with E-state index in [1.165, 1.54) is 35.8 Å². The van der Waals surface area contributed by atoms with Gasteiger partial charge >= 0.3 is 5.97 Å². The lowest BCUT2D eigenvalue weighted by atomic mass is 9.95. The fourth-order valence-electron chi connectivity index (χ4n) is 2.71. The van der Waals surface area contributed by atoms with Gasteiger partial charge in [-0.3, -0.25) is 9.59 Å².